The summed E-state index contributed by atoms with van der Waals surface area (Å²) in [6, 6.07) is 0. The van der Waals surface area contributed by atoms with E-state index in [4.69, 9.17) is 4.74 Å². The van der Waals surface area contributed by atoms with Crippen molar-refractivity contribution in [3.63, 3.8) is 0 Å². The number of ether oxygens (including phenoxy) is 1. The minimum absolute atomic E-state index is 0.167. The maximum atomic E-state index is 12.5. The Morgan fingerprint density at radius 2 is 1.86 bits per heavy atom. The summed E-state index contributed by atoms with van der Waals surface area (Å²) in [7, 11) is -3.52. The van der Waals surface area contributed by atoms with Gasteiger partial charge in [-0.3, -0.25) is 4.79 Å². The second-order valence-electron chi connectivity index (χ2n) is 5.59. The van der Waals surface area contributed by atoms with Gasteiger partial charge in [0.2, 0.25) is 0 Å². The van der Waals surface area contributed by atoms with Crippen LogP contribution in [0.3, 0.4) is 0 Å². The van der Waals surface area contributed by atoms with Crippen LogP contribution >= 0.6 is 0 Å². The maximum absolute atomic E-state index is 12.5. The van der Waals surface area contributed by atoms with Gasteiger partial charge in [0.05, 0.1) is 18.6 Å². The molecule has 1 atom stereocenters. The summed E-state index contributed by atoms with van der Waals surface area (Å²) in [6.07, 6.45) is 1.74. The van der Waals surface area contributed by atoms with E-state index < -0.39 is 16.3 Å². The third kappa shape index (κ3) is 3.94. The molecule has 1 N–H and O–H groups in total. The van der Waals surface area contributed by atoms with Crippen molar-refractivity contribution in [2.45, 2.75) is 38.7 Å². The number of piperidine rings is 2. The van der Waals surface area contributed by atoms with E-state index in [0.29, 0.717) is 51.9 Å². The molecule has 0 aromatic rings. The zero-order valence-electron chi connectivity index (χ0n) is 12.4. The predicted octanol–water partition coefficient (Wildman–Crippen LogP) is -0.0370. The number of carbonyl (C=O) groups excluding carboxylic acids is 1. The molecule has 0 bridgehead atoms. The van der Waals surface area contributed by atoms with E-state index >= 15 is 0 Å². The third-order valence-electron chi connectivity index (χ3n) is 4.09. The van der Waals surface area contributed by atoms with Crippen molar-refractivity contribution in [2.75, 3.05) is 32.8 Å². The van der Waals surface area contributed by atoms with Crippen LogP contribution in [0.4, 0.5) is 0 Å². The second-order valence-corrected chi connectivity index (χ2v) is 7.52. The largest absolute Gasteiger partial charge is 0.466 e. The fourth-order valence-corrected chi connectivity index (χ4v) is 4.60. The Morgan fingerprint density at radius 3 is 2.43 bits per heavy atom. The van der Waals surface area contributed by atoms with Crippen molar-refractivity contribution < 1.29 is 23.1 Å². The Balaban J connectivity index is 1.93. The lowest BCUT2D eigenvalue weighted by atomic mass is 9.98. The maximum Gasteiger partial charge on any atom is 0.309 e. The van der Waals surface area contributed by atoms with Gasteiger partial charge in [-0.2, -0.15) is 17.0 Å². The smallest absolute Gasteiger partial charge is 0.309 e. The molecule has 7 nitrogen and oxygen atoms in total. The number of hydrogen-bond acceptors (Lipinski definition) is 5. The van der Waals surface area contributed by atoms with Gasteiger partial charge in [-0.15, -0.1) is 0 Å². The molecule has 2 saturated heterocycles. The summed E-state index contributed by atoms with van der Waals surface area (Å²) in [6.45, 7) is 3.40. The van der Waals surface area contributed by atoms with Crippen LogP contribution in [0.1, 0.15) is 32.6 Å². The lowest BCUT2D eigenvalue weighted by Gasteiger charge is -2.36. The molecule has 0 radical (unpaired) electrons. The Bertz CT molecular complexity index is 459. The van der Waals surface area contributed by atoms with Gasteiger partial charge in [-0.25, -0.2) is 0 Å². The molecular weight excluding hydrogens is 296 g/mol. The van der Waals surface area contributed by atoms with Gasteiger partial charge in [-0.1, -0.05) is 0 Å². The number of aliphatic hydroxyl groups is 1. The Kier molecular flexibility index (Phi) is 5.59. The first-order valence-corrected chi connectivity index (χ1v) is 8.94. The van der Waals surface area contributed by atoms with Crippen LogP contribution < -0.4 is 0 Å². The number of rotatable bonds is 4. The molecule has 2 aliphatic heterocycles. The molecule has 0 amide bonds. The normalized spacial score (nSPS) is 26.7. The van der Waals surface area contributed by atoms with Crippen LogP contribution in [0, 0.1) is 5.92 Å². The van der Waals surface area contributed by atoms with Gasteiger partial charge >= 0.3 is 5.97 Å². The van der Waals surface area contributed by atoms with Crippen LogP contribution in [0.5, 0.6) is 0 Å². The highest BCUT2D eigenvalue weighted by atomic mass is 32.2. The van der Waals surface area contributed by atoms with Crippen molar-refractivity contribution in [3.8, 4) is 0 Å². The predicted molar refractivity (Wildman–Crippen MR) is 76.7 cm³/mol. The van der Waals surface area contributed by atoms with E-state index in [9.17, 15) is 18.3 Å². The minimum atomic E-state index is -3.52. The van der Waals surface area contributed by atoms with E-state index in [-0.39, 0.29) is 18.4 Å². The van der Waals surface area contributed by atoms with E-state index in [2.05, 4.69) is 0 Å². The van der Waals surface area contributed by atoms with Crippen LogP contribution in [0.15, 0.2) is 0 Å². The van der Waals surface area contributed by atoms with Gasteiger partial charge in [0, 0.05) is 26.2 Å². The van der Waals surface area contributed by atoms with Crippen LogP contribution in [-0.2, 0) is 19.7 Å². The number of carbonyl (C=O) groups is 1. The number of esters is 1. The van der Waals surface area contributed by atoms with Gasteiger partial charge < -0.3 is 9.84 Å². The summed E-state index contributed by atoms with van der Waals surface area (Å²) in [4.78, 5) is 11.7. The van der Waals surface area contributed by atoms with Crippen LogP contribution in [0.25, 0.3) is 0 Å². The Labute approximate surface area is 126 Å². The molecule has 0 aromatic carbocycles. The highest BCUT2D eigenvalue weighted by Crippen LogP contribution is 2.24. The zero-order valence-corrected chi connectivity index (χ0v) is 13.2. The van der Waals surface area contributed by atoms with Crippen molar-refractivity contribution in [3.05, 3.63) is 0 Å². The zero-order chi connectivity index (χ0) is 15.5. The molecule has 122 valence electrons. The summed E-state index contributed by atoms with van der Waals surface area (Å²) in [5.74, 6) is -0.439. The molecule has 1 unspecified atom stereocenters. The highest BCUT2D eigenvalue weighted by molar-refractivity contribution is 7.86. The molecule has 21 heavy (non-hydrogen) atoms. The quantitative estimate of drug-likeness (QED) is 0.735. The molecular formula is C13H24N2O5S. The van der Waals surface area contributed by atoms with Crippen molar-refractivity contribution >= 4 is 16.2 Å². The molecule has 0 aliphatic carbocycles. The van der Waals surface area contributed by atoms with Crippen LogP contribution in [-0.4, -0.2) is 67.0 Å². The number of aliphatic hydroxyl groups excluding tert-OH is 1. The number of nitrogens with zero attached hydrogens (tertiary/aromatic N) is 2. The Hall–Kier alpha value is -0.700. The summed E-state index contributed by atoms with van der Waals surface area (Å²) in [5, 5.41) is 9.63. The van der Waals surface area contributed by atoms with Gasteiger partial charge in [0.15, 0.2) is 0 Å². The monoisotopic (exact) mass is 320 g/mol. The van der Waals surface area contributed by atoms with E-state index in [1.807, 2.05) is 0 Å². The fourth-order valence-electron chi connectivity index (χ4n) is 2.88. The van der Waals surface area contributed by atoms with E-state index in [1.54, 1.807) is 6.92 Å². The van der Waals surface area contributed by atoms with Gasteiger partial charge in [0.25, 0.3) is 10.2 Å². The highest BCUT2D eigenvalue weighted by Gasteiger charge is 2.36. The van der Waals surface area contributed by atoms with Crippen molar-refractivity contribution in [1.82, 2.24) is 8.61 Å². The molecule has 2 rings (SSSR count). The third-order valence-corrected chi connectivity index (χ3v) is 6.09. The average Bonchev–Trinajstić information content (AvgIpc) is 2.47. The lowest BCUT2D eigenvalue weighted by Crippen LogP contribution is -2.51. The molecule has 0 saturated carbocycles. The lowest BCUT2D eigenvalue weighted by molar-refractivity contribution is -0.149. The molecule has 0 aromatic heterocycles. The molecule has 2 heterocycles. The average molecular weight is 320 g/mol. The number of hydrogen-bond donors (Lipinski definition) is 1. The SMILES string of the molecule is CCOC(=O)C1CCN(S(=O)(=O)N2CCCC(O)C2)CC1. The summed E-state index contributed by atoms with van der Waals surface area (Å²) < 4.78 is 32.8. The van der Waals surface area contributed by atoms with Crippen molar-refractivity contribution in [2.24, 2.45) is 5.92 Å². The standard InChI is InChI=1S/C13H24N2O5S/c1-2-20-13(17)11-5-8-14(9-6-11)21(18,19)15-7-3-4-12(16)10-15/h11-12,16H,2-10H2,1H3. The topological polar surface area (TPSA) is 87.2 Å². The van der Waals surface area contributed by atoms with E-state index in [1.165, 1.54) is 8.61 Å². The fraction of sp³-hybridized carbons (Fsp3) is 0.923. The first-order chi connectivity index (χ1) is 9.95. The summed E-state index contributed by atoms with van der Waals surface area (Å²) >= 11 is 0. The van der Waals surface area contributed by atoms with Crippen molar-refractivity contribution in [1.29, 1.82) is 0 Å². The molecule has 2 aliphatic rings. The second kappa shape index (κ2) is 7.04. The molecule has 2 fully saturated rings. The summed E-state index contributed by atoms with van der Waals surface area (Å²) in [5.41, 5.74) is 0. The van der Waals surface area contributed by atoms with Gasteiger partial charge in [0.1, 0.15) is 0 Å². The molecule has 8 heteroatoms. The van der Waals surface area contributed by atoms with Crippen LogP contribution in [0.2, 0.25) is 0 Å². The molecule has 0 spiro atoms. The van der Waals surface area contributed by atoms with Gasteiger partial charge in [-0.05, 0) is 32.6 Å². The Morgan fingerprint density at radius 1 is 1.19 bits per heavy atom. The number of β-amino-alcohol motifs (C(OH)–C–C–N with tert-alkyl or cyclic N) is 1. The first kappa shape index (κ1) is 16.7. The first-order valence-electron chi connectivity index (χ1n) is 7.55. The minimum Gasteiger partial charge on any atom is -0.466 e. The van der Waals surface area contributed by atoms with E-state index in [0.717, 1.165) is 0 Å².